The molecule has 0 saturated carbocycles. The molecule has 1 aliphatic rings. The fourth-order valence-corrected chi connectivity index (χ4v) is 3.20. The van der Waals surface area contributed by atoms with E-state index in [1.807, 2.05) is 11.9 Å². The van der Waals surface area contributed by atoms with Gasteiger partial charge in [-0.05, 0) is 31.3 Å². The Morgan fingerprint density at radius 2 is 1.96 bits per heavy atom. The summed E-state index contributed by atoms with van der Waals surface area (Å²) in [6.07, 6.45) is 0. The Bertz CT molecular complexity index is 801. The molecule has 2 aromatic rings. The molecule has 0 spiro atoms. The van der Waals surface area contributed by atoms with Gasteiger partial charge in [0.25, 0.3) is 5.91 Å². The molecule has 1 aromatic heterocycles. The van der Waals surface area contributed by atoms with Gasteiger partial charge in [0.2, 0.25) is 5.91 Å². The van der Waals surface area contributed by atoms with E-state index in [2.05, 4.69) is 5.32 Å². The number of aromatic nitrogens is 1. The van der Waals surface area contributed by atoms with Crippen LogP contribution >= 0.6 is 0 Å². The molecule has 3 rings (SSSR count). The minimum Gasteiger partial charge on any atom is -0.358 e. The van der Waals surface area contributed by atoms with Gasteiger partial charge in [0.1, 0.15) is 17.6 Å². The van der Waals surface area contributed by atoms with E-state index in [4.69, 9.17) is 0 Å². The highest BCUT2D eigenvalue weighted by molar-refractivity contribution is 5.99. The fraction of sp³-hybridized carbons (Fsp3) is 0.412. The van der Waals surface area contributed by atoms with E-state index in [1.165, 1.54) is 12.1 Å². The second-order valence-corrected chi connectivity index (χ2v) is 6.15. The van der Waals surface area contributed by atoms with Crippen LogP contribution in [0.4, 0.5) is 4.39 Å². The minimum absolute atomic E-state index is 0.103. The second kappa shape index (κ2) is 6.24. The van der Waals surface area contributed by atoms with Crippen LogP contribution in [0.15, 0.2) is 24.3 Å². The number of carbonyl (C=O) groups excluding carboxylic acids is 2. The van der Waals surface area contributed by atoms with Crippen molar-refractivity contribution in [3.63, 3.8) is 0 Å². The monoisotopic (exact) mass is 332 g/mol. The van der Waals surface area contributed by atoms with Crippen molar-refractivity contribution in [1.82, 2.24) is 19.7 Å². The van der Waals surface area contributed by atoms with Crippen LogP contribution in [0.1, 0.15) is 10.5 Å². The Kier molecular flexibility index (Phi) is 4.28. The molecule has 2 heterocycles. The fourth-order valence-electron chi connectivity index (χ4n) is 3.20. The first kappa shape index (κ1) is 16.4. The number of benzene rings is 1. The summed E-state index contributed by atoms with van der Waals surface area (Å²) in [5, 5.41) is 3.33. The molecule has 1 N–H and O–H groups in total. The molecular formula is C17H21FN4O2. The van der Waals surface area contributed by atoms with E-state index < -0.39 is 0 Å². The molecule has 0 bridgehead atoms. The van der Waals surface area contributed by atoms with E-state index in [0.717, 1.165) is 5.52 Å². The van der Waals surface area contributed by atoms with Crippen LogP contribution < -0.4 is 5.32 Å². The topological polar surface area (TPSA) is 57.6 Å². The Morgan fingerprint density at radius 1 is 1.21 bits per heavy atom. The molecule has 1 atom stereocenters. The Balaban J connectivity index is 1.89. The lowest BCUT2D eigenvalue weighted by atomic mass is 10.1. The summed E-state index contributed by atoms with van der Waals surface area (Å²) in [5.41, 5.74) is 1.30. The van der Waals surface area contributed by atoms with Crippen molar-refractivity contribution < 1.29 is 14.0 Å². The van der Waals surface area contributed by atoms with Gasteiger partial charge in [-0.3, -0.25) is 14.5 Å². The van der Waals surface area contributed by atoms with Gasteiger partial charge in [-0.1, -0.05) is 0 Å². The standard InChI is InChI=1S/C17H21FN4O2/c1-19-16(23)15-10-22(7-6-20(15)2)17(24)14-9-11-8-12(18)4-5-13(11)21(14)3/h4-5,8-9,15H,6-7,10H2,1-3H3,(H,19,23)/t15-/m0/s1. The molecule has 128 valence electrons. The van der Waals surface area contributed by atoms with Crippen molar-refractivity contribution >= 4 is 22.7 Å². The maximum Gasteiger partial charge on any atom is 0.270 e. The predicted octanol–water partition coefficient (Wildman–Crippen LogP) is 0.820. The Hall–Kier alpha value is -2.41. The van der Waals surface area contributed by atoms with Gasteiger partial charge in [0, 0.05) is 44.6 Å². The van der Waals surface area contributed by atoms with Gasteiger partial charge in [0.15, 0.2) is 0 Å². The van der Waals surface area contributed by atoms with Crippen LogP contribution in [0.2, 0.25) is 0 Å². The molecule has 1 saturated heterocycles. The molecule has 0 radical (unpaired) electrons. The van der Waals surface area contributed by atoms with Crippen LogP contribution in [0.3, 0.4) is 0 Å². The zero-order valence-electron chi connectivity index (χ0n) is 14.0. The Morgan fingerprint density at radius 3 is 2.67 bits per heavy atom. The van der Waals surface area contributed by atoms with Crippen molar-refractivity contribution in [3.05, 3.63) is 35.8 Å². The van der Waals surface area contributed by atoms with Gasteiger partial charge in [-0.2, -0.15) is 0 Å². The van der Waals surface area contributed by atoms with Crippen molar-refractivity contribution in [2.24, 2.45) is 7.05 Å². The third kappa shape index (κ3) is 2.75. The van der Waals surface area contributed by atoms with E-state index in [0.29, 0.717) is 30.7 Å². The molecule has 2 amide bonds. The van der Waals surface area contributed by atoms with Gasteiger partial charge >= 0.3 is 0 Å². The molecule has 0 aliphatic carbocycles. The summed E-state index contributed by atoms with van der Waals surface area (Å²) in [6.45, 7) is 1.52. The van der Waals surface area contributed by atoms with Gasteiger partial charge in [-0.15, -0.1) is 0 Å². The second-order valence-electron chi connectivity index (χ2n) is 6.15. The van der Waals surface area contributed by atoms with Gasteiger partial charge < -0.3 is 14.8 Å². The molecule has 6 nitrogen and oxygen atoms in total. The molecule has 0 unspecified atom stereocenters. The van der Waals surface area contributed by atoms with Crippen molar-refractivity contribution in [1.29, 1.82) is 0 Å². The SMILES string of the molecule is CNC(=O)[C@@H]1CN(C(=O)c2cc3cc(F)ccc3n2C)CCN1C. The number of likely N-dealkylation sites (N-methyl/N-ethyl adjacent to an activating group) is 2. The quantitative estimate of drug-likeness (QED) is 0.886. The minimum atomic E-state index is -0.361. The molecular weight excluding hydrogens is 311 g/mol. The lowest BCUT2D eigenvalue weighted by Crippen LogP contribution is -2.58. The van der Waals surface area contributed by atoms with Crippen LogP contribution in [0.25, 0.3) is 10.9 Å². The van der Waals surface area contributed by atoms with E-state index in [9.17, 15) is 14.0 Å². The molecule has 1 fully saturated rings. The maximum atomic E-state index is 13.4. The number of fused-ring (bicyclic) bond motifs is 1. The number of nitrogens with zero attached hydrogens (tertiary/aromatic N) is 3. The van der Waals surface area contributed by atoms with E-state index in [-0.39, 0.29) is 23.7 Å². The zero-order valence-corrected chi connectivity index (χ0v) is 14.0. The maximum absolute atomic E-state index is 13.4. The van der Waals surface area contributed by atoms with Crippen LogP contribution in [0.5, 0.6) is 0 Å². The van der Waals surface area contributed by atoms with Gasteiger partial charge in [0.05, 0.1) is 0 Å². The number of hydrogen-bond acceptors (Lipinski definition) is 3. The summed E-state index contributed by atoms with van der Waals surface area (Å²) >= 11 is 0. The van der Waals surface area contributed by atoms with Gasteiger partial charge in [-0.25, -0.2) is 4.39 Å². The number of hydrogen-bond donors (Lipinski definition) is 1. The summed E-state index contributed by atoms with van der Waals surface area (Å²) < 4.78 is 15.2. The zero-order chi connectivity index (χ0) is 17.4. The van der Waals surface area contributed by atoms with E-state index in [1.54, 1.807) is 35.7 Å². The number of halogens is 1. The first-order valence-electron chi connectivity index (χ1n) is 7.88. The summed E-state index contributed by atoms with van der Waals surface area (Å²) in [6, 6.07) is 5.81. The number of aryl methyl sites for hydroxylation is 1. The van der Waals surface area contributed by atoms with Crippen LogP contribution in [-0.2, 0) is 11.8 Å². The highest BCUT2D eigenvalue weighted by Gasteiger charge is 2.32. The summed E-state index contributed by atoms with van der Waals surface area (Å²) in [5.74, 6) is -0.573. The number of piperazine rings is 1. The average molecular weight is 332 g/mol. The first-order valence-corrected chi connectivity index (χ1v) is 7.88. The number of carbonyl (C=O) groups is 2. The third-order valence-corrected chi connectivity index (χ3v) is 4.71. The molecule has 1 aliphatic heterocycles. The van der Waals surface area contributed by atoms with Crippen LogP contribution in [0, 0.1) is 5.82 Å². The normalized spacial score (nSPS) is 18.8. The third-order valence-electron chi connectivity index (χ3n) is 4.71. The van der Waals surface area contributed by atoms with Crippen molar-refractivity contribution in [3.8, 4) is 0 Å². The summed E-state index contributed by atoms with van der Waals surface area (Å²) in [4.78, 5) is 28.5. The Labute approximate surface area is 139 Å². The lowest BCUT2D eigenvalue weighted by molar-refractivity contribution is -0.127. The number of rotatable bonds is 2. The van der Waals surface area contributed by atoms with Crippen molar-refractivity contribution in [2.75, 3.05) is 33.7 Å². The average Bonchev–Trinajstić information content (AvgIpc) is 2.90. The molecule has 24 heavy (non-hydrogen) atoms. The van der Waals surface area contributed by atoms with Crippen molar-refractivity contribution in [2.45, 2.75) is 6.04 Å². The largest absolute Gasteiger partial charge is 0.358 e. The van der Waals surface area contributed by atoms with E-state index >= 15 is 0 Å². The lowest BCUT2D eigenvalue weighted by Gasteiger charge is -2.38. The van der Waals surface area contributed by atoms with Crippen LogP contribution in [-0.4, -0.2) is 66.0 Å². The molecule has 7 heteroatoms. The predicted molar refractivity (Wildman–Crippen MR) is 89.3 cm³/mol. The molecule has 1 aromatic carbocycles. The number of nitrogens with one attached hydrogen (secondary N) is 1. The number of amides is 2. The highest BCUT2D eigenvalue weighted by atomic mass is 19.1. The summed E-state index contributed by atoms with van der Waals surface area (Å²) in [7, 11) is 5.26. The highest BCUT2D eigenvalue weighted by Crippen LogP contribution is 2.22. The smallest absolute Gasteiger partial charge is 0.270 e. The first-order chi connectivity index (χ1) is 11.4.